The number of furan rings is 1. The van der Waals surface area contributed by atoms with Crippen molar-refractivity contribution in [3.63, 3.8) is 0 Å². The van der Waals surface area contributed by atoms with Crippen molar-refractivity contribution >= 4 is 65.6 Å². The molecule has 3 nitrogen and oxygen atoms in total. The molecule has 0 aliphatic heterocycles. The first-order valence-corrected chi connectivity index (χ1v) is 15.4. The van der Waals surface area contributed by atoms with Gasteiger partial charge in [-0.05, 0) is 65.7 Å². The van der Waals surface area contributed by atoms with Gasteiger partial charge in [-0.15, -0.1) is 0 Å². The van der Waals surface area contributed by atoms with Crippen LogP contribution >= 0.6 is 0 Å². The molecule has 7 aromatic carbocycles. The number of hydrogen-bond donors (Lipinski definition) is 0. The maximum absolute atomic E-state index is 6.50. The first-order chi connectivity index (χ1) is 22.3. The summed E-state index contributed by atoms with van der Waals surface area (Å²) in [5.41, 5.74) is 11.2. The molecule has 0 N–H and O–H groups in total. The van der Waals surface area contributed by atoms with Gasteiger partial charge in [0.2, 0.25) is 0 Å². The molecule has 3 heterocycles. The lowest BCUT2D eigenvalue weighted by Crippen LogP contribution is -1.94. The molecule has 0 fully saturated rings. The van der Waals surface area contributed by atoms with Gasteiger partial charge in [0.1, 0.15) is 5.58 Å². The number of aromatic nitrogens is 2. The topological polar surface area (TPSA) is 23.0 Å². The van der Waals surface area contributed by atoms with Crippen molar-refractivity contribution < 1.29 is 4.42 Å². The van der Waals surface area contributed by atoms with Crippen LogP contribution in [0.4, 0.5) is 0 Å². The first-order valence-electron chi connectivity index (χ1n) is 15.4. The molecule has 210 valence electrons. The standard InChI is InChI=1S/C42H26N2O/c1-2-12-28(13-3-1)43-36-20-8-5-16-33(36)41-29(17-10-21-38(41)43)27-24-25-37-34(26-27)30-14-4-7-19-35(30)44(37)39-22-11-18-32-31-15-6-9-23-40(31)45-42(32)39/h1-26H. The average Bonchev–Trinajstić information content (AvgIpc) is 3.76. The molecular formula is C42H26N2O. The van der Waals surface area contributed by atoms with E-state index >= 15 is 0 Å². The maximum atomic E-state index is 6.50. The second kappa shape index (κ2) is 9.22. The van der Waals surface area contributed by atoms with Gasteiger partial charge >= 0.3 is 0 Å². The average molecular weight is 575 g/mol. The smallest absolute Gasteiger partial charge is 0.159 e. The van der Waals surface area contributed by atoms with Crippen LogP contribution < -0.4 is 0 Å². The van der Waals surface area contributed by atoms with E-state index in [1.54, 1.807) is 0 Å². The quantitative estimate of drug-likeness (QED) is 0.206. The van der Waals surface area contributed by atoms with Crippen molar-refractivity contribution in [1.29, 1.82) is 0 Å². The van der Waals surface area contributed by atoms with Gasteiger partial charge in [0.05, 0.1) is 27.8 Å². The number of benzene rings is 7. The summed E-state index contributed by atoms with van der Waals surface area (Å²) < 4.78 is 11.2. The molecule has 0 bridgehead atoms. The summed E-state index contributed by atoms with van der Waals surface area (Å²) in [6, 6.07) is 56.5. The summed E-state index contributed by atoms with van der Waals surface area (Å²) in [6.45, 7) is 0. The third-order valence-electron chi connectivity index (χ3n) is 9.32. The second-order valence-electron chi connectivity index (χ2n) is 11.7. The predicted molar refractivity (Wildman–Crippen MR) is 188 cm³/mol. The predicted octanol–water partition coefficient (Wildman–Crippen LogP) is 11.4. The van der Waals surface area contributed by atoms with Crippen LogP contribution in [0.5, 0.6) is 0 Å². The van der Waals surface area contributed by atoms with E-state index < -0.39 is 0 Å². The molecule has 3 heteroatoms. The summed E-state index contributed by atoms with van der Waals surface area (Å²) in [6.07, 6.45) is 0. The zero-order valence-corrected chi connectivity index (χ0v) is 24.3. The molecule has 10 aromatic rings. The van der Waals surface area contributed by atoms with E-state index in [-0.39, 0.29) is 0 Å². The highest BCUT2D eigenvalue weighted by molar-refractivity contribution is 6.18. The number of para-hydroxylation sites is 5. The molecule has 0 saturated carbocycles. The van der Waals surface area contributed by atoms with E-state index in [1.165, 1.54) is 49.4 Å². The Labute approximate surface area is 258 Å². The molecule has 0 saturated heterocycles. The molecule has 0 radical (unpaired) electrons. The van der Waals surface area contributed by atoms with E-state index in [2.05, 4.69) is 155 Å². The molecule has 0 atom stereocenters. The Morgan fingerprint density at radius 2 is 1.04 bits per heavy atom. The summed E-state index contributed by atoms with van der Waals surface area (Å²) in [4.78, 5) is 0. The fourth-order valence-electron chi connectivity index (χ4n) is 7.42. The van der Waals surface area contributed by atoms with Gasteiger partial charge in [-0.25, -0.2) is 0 Å². The second-order valence-corrected chi connectivity index (χ2v) is 11.7. The number of fused-ring (bicyclic) bond motifs is 9. The number of nitrogens with zero attached hydrogens (tertiary/aromatic N) is 2. The Hall–Kier alpha value is -6.06. The molecule has 0 amide bonds. The highest BCUT2D eigenvalue weighted by Gasteiger charge is 2.20. The third-order valence-corrected chi connectivity index (χ3v) is 9.32. The van der Waals surface area contributed by atoms with E-state index in [0.717, 1.165) is 38.7 Å². The maximum Gasteiger partial charge on any atom is 0.159 e. The lowest BCUT2D eigenvalue weighted by Gasteiger charge is -2.10. The van der Waals surface area contributed by atoms with Crippen molar-refractivity contribution in [3.05, 3.63) is 158 Å². The summed E-state index contributed by atoms with van der Waals surface area (Å²) in [5.74, 6) is 0. The third kappa shape index (κ3) is 3.41. The minimum absolute atomic E-state index is 0.906. The fraction of sp³-hybridized carbons (Fsp3) is 0. The van der Waals surface area contributed by atoms with Crippen LogP contribution in [0, 0.1) is 0 Å². The van der Waals surface area contributed by atoms with Gasteiger partial charge in [0, 0.05) is 38.0 Å². The Balaban J connectivity index is 1.26. The van der Waals surface area contributed by atoms with E-state index in [4.69, 9.17) is 4.42 Å². The van der Waals surface area contributed by atoms with Gasteiger partial charge in [-0.1, -0.05) is 103 Å². The largest absolute Gasteiger partial charge is 0.454 e. The molecule has 45 heavy (non-hydrogen) atoms. The fourth-order valence-corrected chi connectivity index (χ4v) is 7.42. The number of hydrogen-bond acceptors (Lipinski definition) is 1. The van der Waals surface area contributed by atoms with Crippen LogP contribution in [0.1, 0.15) is 0 Å². The normalized spacial score (nSPS) is 12.0. The monoisotopic (exact) mass is 574 g/mol. The SMILES string of the molecule is c1ccc(-n2c3ccccc3c3c(-c4ccc5c(c4)c4ccccc4n5-c4cccc5c4oc4ccccc45)cccc32)cc1. The van der Waals surface area contributed by atoms with Gasteiger partial charge in [-0.2, -0.15) is 0 Å². The van der Waals surface area contributed by atoms with Crippen LogP contribution in [0.25, 0.3) is 88.1 Å². The summed E-state index contributed by atoms with van der Waals surface area (Å²) in [5, 5.41) is 7.24. The van der Waals surface area contributed by atoms with Crippen molar-refractivity contribution in [1.82, 2.24) is 9.13 Å². The minimum Gasteiger partial charge on any atom is -0.454 e. The van der Waals surface area contributed by atoms with Crippen LogP contribution in [-0.4, -0.2) is 9.13 Å². The first kappa shape index (κ1) is 24.4. The van der Waals surface area contributed by atoms with Gasteiger partial charge in [-0.3, -0.25) is 0 Å². The molecule has 0 aliphatic rings. The van der Waals surface area contributed by atoms with Crippen molar-refractivity contribution in [2.24, 2.45) is 0 Å². The van der Waals surface area contributed by atoms with Gasteiger partial charge < -0.3 is 13.6 Å². The van der Waals surface area contributed by atoms with Crippen molar-refractivity contribution in [3.8, 4) is 22.5 Å². The Morgan fingerprint density at radius 3 is 1.91 bits per heavy atom. The Kier molecular flexibility index (Phi) is 5.00. The summed E-state index contributed by atoms with van der Waals surface area (Å²) >= 11 is 0. The van der Waals surface area contributed by atoms with E-state index in [1.807, 2.05) is 12.1 Å². The molecule has 0 unspecified atom stereocenters. The molecule has 3 aromatic heterocycles. The van der Waals surface area contributed by atoms with Crippen molar-refractivity contribution in [2.45, 2.75) is 0 Å². The Morgan fingerprint density at radius 1 is 0.400 bits per heavy atom. The molecular weight excluding hydrogens is 548 g/mol. The highest BCUT2D eigenvalue weighted by Crippen LogP contribution is 2.42. The van der Waals surface area contributed by atoms with Crippen LogP contribution in [0.15, 0.2) is 162 Å². The molecule has 0 aliphatic carbocycles. The Bertz CT molecular complexity index is 2760. The van der Waals surface area contributed by atoms with Crippen LogP contribution in [0.2, 0.25) is 0 Å². The van der Waals surface area contributed by atoms with Gasteiger partial charge in [0.15, 0.2) is 5.58 Å². The highest BCUT2D eigenvalue weighted by atomic mass is 16.3. The number of rotatable bonds is 3. The van der Waals surface area contributed by atoms with Gasteiger partial charge in [0.25, 0.3) is 0 Å². The lowest BCUT2D eigenvalue weighted by atomic mass is 9.98. The van der Waals surface area contributed by atoms with Crippen LogP contribution in [-0.2, 0) is 0 Å². The summed E-state index contributed by atoms with van der Waals surface area (Å²) in [7, 11) is 0. The van der Waals surface area contributed by atoms with E-state index in [9.17, 15) is 0 Å². The van der Waals surface area contributed by atoms with Crippen molar-refractivity contribution in [2.75, 3.05) is 0 Å². The zero-order valence-electron chi connectivity index (χ0n) is 24.3. The minimum atomic E-state index is 0.906. The zero-order chi connectivity index (χ0) is 29.5. The lowest BCUT2D eigenvalue weighted by molar-refractivity contribution is 0.666. The molecule has 0 spiro atoms. The molecule has 10 rings (SSSR count). The van der Waals surface area contributed by atoms with Crippen LogP contribution in [0.3, 0.4) is 0 Å². The van der Waals surface area contributed by atoms with E-state index in [0.29, 0.717) is 0 Å².